The average Bonchev–Trinajstić information content (AvgIpc) is 2.14. The van der Waals surface area contributed by atoms with Gasteiger partial charge in [0, 0.05) is 13.0 Å². The molecule has 1 rings (SSSR count). The van der Waals surface area contributed by atoms with Crippen LogP contribution in [0.1, 0.15) is 25.7 Å². The van der Waals surface area contributed by atoms with Crippen LogP contribution in [0, 0.1) is 0 Å². The molecule has 4 nitrogen and oxygen atoms in total. The van der Waals surface area contributed by atoms with Gasteiger partial charge in [-0.1, -0.05) is 0 Å². The second kappa shape index (κ2) is 5.20. The molecule has 0 unspecified atom stereocenters. The summed E-state index contributed by atoms with van der Waals surface area (Å²) in [5, 5.41) is 2.63. The highest BCUT2D eigenvalue weighted by atomic mass is 16.2. The Morgan fingerprint density at radius 3 is 2.57 bits per heavy atom. The second-order valence-corrected chi connectivity index (χ2v) is 4.50. The lowest BCUT2D eigenvalue weighted by molar-refractivity contribution is -0.914. The number of quaternary nitrogens is 1. The summed E-state index contributed by atoms with van der Waals surface area (Å²) in [5.74, 6) is 0. The summed E-state index contributed by atoms with van der Waals surface area (Å²) in [6.45, 7) is 4.44. The third kappa shape index (κ3) is 3.96. The van der Waals surface area contributed by atoms with Gasteiger partial charge in [0.15, 0.2) is 0 Å². The van der Waals surface area contributed by atoms with E-state index in [-0.39, 0.29) is 0 Å². The summed E-state index contributed by atoms with van der Waals surface area (Å²) in [5.41, 5.74) is 4.99. The molecule has 1 heterocycles. The van der Waals surface area contributed by atoms with E-state index in [9.17, 15) is 4.79 Å². The molecule has 1 saturated heterocycles. The standard InChI is InChI=1S/C10H21N3O/c1-13(7-3-2-4-8-13)9-5-6-12-10(11)14/h2-9H2,1H3,(H2-,11,12,14)/p+1. The van der Waals surface area contributed by atoms with Crippen molar-refractivity contribution in [1.29, 1.82) is 0 Å². The van der Waals surface area contributed by atoms with Crippen LogP contribution in [0.3, 0.4) is 0 Å². The van der Waals surface area contributed by atoms with Crippen LogP contribution in [0.15, 0.2) is 0 Å². The Balaban J connectivity index is 2.12. The van der Waals surface area contributed by atoms with E-state index >= 15 is 0 Å². The Kier molecular flexibility index (Phi) is 4.20. The van der Waals surface area contributed by atoms with Crippen LogP contribution in [0.5, 0.6) is 0 Å². The highest BCUT2D eigenvalue weighted by molar-refractivity contribution is 5.71. The molecule has 0 aromatic heterocycles. The lowest BCUT2D eigenvalue weighted by atomic mass is 10.1. The molecule has 0 bridgehead atoms. The molecule has 82 valence electrons. The van der Waals surface area contributed by atoms with Gasteiger partial charge in [-0.15, -0.1) is 0 Å². The molecule has 4 heteroatoms. The van der Waals surface area contributed by atoms with E-state index in [1.165, 1.54) is 36.8 Å². The summed E-state index contributed by atoms with van der Waals surface area (Å²) in [6.07, 6.45) is 5.10. The van der Waals surface area contributed by atoms with Gasteiger partial charge >= 0.3 is 6.03 Å². The van der Waals surface area contributed by atoms with Gasteiger partial charge in [0.25, 0.3) is 0 Å². The number of hydrogen-bond acceptors (Lipinski definition) is 1. The molecule has 0 atom stereocenters. The number of nitrogens with one attached hydrogen (secondary N) is 1. The summed E-state index contributed by atoms with van der Waals surface area (Å²) >= 11 is 0. The van der Waals surface area contributed by atoms with E-state index in [2.05, 4.69) is 12.4 Å². The van der Waals surface area contributed by atoms with Crippen molar-refractivity contribution in [2.75, 3.05) is 33.2 Å². The molecular weight excluding hydrogens is 178 g/mol. The number of amides is 2. The number of urea groups is 1. The van der Waals surface area contributed by atoms with Crippen molar-refractivity contribution in [3.05, 3.63) is 0 Å². The smallest absolute Gasteiger partial charge is 0.312 e. The van der Waals surface area contributed by atoms with Crippen LogP contribution in [0.4, 0.5) is 4.79 Å². The molecule has 0 radical (unpaired) electrons. The summed E-state index contributed by atoms with van der Waals surface area (Å²) in [4.78, 5) is 10.4. The van der Waals surface area contributed by atoms with E-state index in [1.807, 2.05) is 0 Å². The molecule has 1 fully saturated rings. The molecule has 1 aliphatic rings. The number of carbonyl (C=O) groups excluding carboxylic acids is 1. The van der Waals surface area contributed by atoms with Gasteiger partial charge < -0.3 is 15.5 Å². The lowest BCUT2D eigenvalue weighted by Crippen LogP contribution is -2.49. The predicted octanol–water partition coefficient (Wildman–Crippen LogP) is 0.675. The van der Waals surface area contributed by atoms with Gasteiger partial charge in [0.05, 0.1) is 26.7 Å². The van der Waals surface area contributed by atoms with Crippen LogP contribution >= 0.6 is 0 Å². The molecule has 0 saturated carbocycles. The van der Waals surface area contributed by atoms with E-state index in [1.54, 1.807) is 0 Å². The number of likely N-dealkylation sites (tertiary alicyclic amines) is 1. The number of rotatable bonds is 4. The fraction of sp³-hybridized carbons (Fsp3) is 0.900. The van der Waals surface area contributed by atoms with Crippen molar-refractivity contribution < 1.29 is 9.28 Å². The number of piperidine rings is 1. The first-order chi connectivity index (χ1) is 6.62. The largest absolute Gasteiger partial charge is 0.352 e. The van der Waals surface area contributed by atoms with Crippen molar-refractivity contribution in [2.45, 2.75) is 25.7 Å². The maximum absolute atomic E-state index is 10.4. The summed E-state index contributed by atoms with van der Waals surface area (Å²) in [6, 6.07) is -0.411. The Hall–Kier alpha value is -0.770. The topological polar surface area (TPSA) is 55.1 Å². The second-order valence-electron chi connectivity index (χ2n) is 4.50. The SMILES string of the molecule is C[N+]1(CCCNC(N)=O)CCCCC1. The summed E-state index contributed by atoms with van der Waals surface area (Å²) in [7, 11) is 2.31. The fourth-order valence-electron chi connectivity index (χ4n) is 2.17. The highest BCUT2D eigenvalue weighted by Crippen LogP contribution is 2.16. The van der Waals surface area contributed by atoms with Crippen LogP contribution in [0.2, 0.25) is 0 Å². The van der Waals surface area contributed by atoms with Crippen LogP contribution in [-0.4, -0.2) is 43.7 Å². The maximum Gasteiger partial charge on any atom is 0.312 e. The molecule has 0 aliphatic carbocycles. The highest BCUT2D eigenvalue weighted by Gasteiger charge is 2.23. The van der Waals surface area contributed by atoms with Gasteiger partial charge in [0.2, 0.25) is 0 Å². The normalized spacial score (nSPS) is 20.4. The van der Waals surface area contributed by atoms with Gasteiger partial charge in [-0.05, 0) is 19.3 Å². The van der Waals surface area contributed by atoms with Gasteiger partial charge in [-0.2, -0.15) is 0 Å². The Labute approximate surface area is 86.0 Å². The minimum absolute atomic E-state index is 0.411. The van der Waals surface area contributed by atoms with Gasteiger partial charge in [-0.3, -0.25) is 0 Å². The van der Waals surface area contributed by atoms with Gasteiger partial charge in [-0.25, -0.2) is 4.79 Å². The zero-order valence-electron chi connectivity index (χ0n) is 9.09. The number of nitrogens with two attached hydrogens (primary N) is 1. The molecule has 3 N–H and O–H groups in total. The third-order valence-corrected chi connectivity index (χ3v) is 3.07. The number of hydrogen-bond donors (Lipinski definition) is 2. The zero-order valence-corrected chi connectivity index (χ0v) is 9.09. The summed E-state index contributed by atoms with van der Waals surface area (Å²) < 4.78 is 1.17. The average molecular weight is 200 g/mol. The van der Waals surface area contributed by atoms with Crippen LogP contribution < -0.4 is 11.1 Å². The van der Waals surface area contributed by atoms with E-state index in [0.717, 1.165) is 13.0 Å². The predicted molar refractivity (Wildman–Crippen MR) is 56.8 cm³/mol. The number of carbonyl (C=O) groups is 1. The van der Waals surface area contributed by atoms with Crippen molar-refractivity contribution in [3.8, 4) is 0 Å². The molecule has 0 aromatic carbocycles. The molecule has 0 spiro atoms. The van der Waals surface area contributed by atoms with Gasteiger partial charge in [0.1, 0.15) is 0 Å². The van der Waals surface area contributed by atoms with E-state index in [4.69, 9.17) is 5.73 Å². The van der Waals surface area contributed by atoms with Crippen LogP contribution in [-0.2, 0) is 0 Å². The van der Waals surface area contributed by atoms with Crippen molar-refractivity contribution in [3.63, 3.8) is 0 Å². The van der Waals surface area contributed by atoms with Crippen LogP contribution in [0.25, 0.3) is 0 Å². The minimum atomic E-state index is -0.411. The minimum Gasteiger partial charge on any atom is -0.352 e. The lowest BCUT2D eigenvalue weighted by Gasteiger charge is -2.37. The van der Waals surface area contributed by atoms with Crippen molar-refractivity contribution >= 4 is 6.03 Å². The third-order valence-electron chi connectivity index (χ3n) is 3.07. The van der Waals surface area contributed by atoms with Crippen molar-refractivity contribution in [1.82, 2.24) is 5.32 Å². The van der Waals surface area contributed by atoms with E-state index in [0.29, 0.717) is 6.54 Å². The number of nitrogens with zero attached hydrogens (tertiary/aromatic N) is 1. The monoisotopic (exact) mass is 200 g/mol. The molecule has 14 heavy (non-hydrogen) atoms. The molecular formula is C10H22N3O+. The Morgan fingerprint density at radius 1 is 1.36 bits per heavy atom. The molecule has 1 aliphatic heterocycles. The first-order valence-electron chi connectivity index (χ1n) is 5.49. The Bertz CT molecular complexity index is 188. The maximum atomic E-state index is 10.4. The fourth-order valence-corrected chi connectivity index (χ4v) is 2.17. The first-order valence-corrected chi connectivity index (χ1v) is 5.49. The first kappa shape index (κ1) is 11.3. The quantitative estimate of drug-likeness (QED) is 0.509. The van der Waals surface area contributed by atoms with E-state index < -0.39 is 6.03 Å². The van der Waals surface area contributed by atoms with Crippen molar-refractivity contribution in [2.24, 2.45) is 5.73 Å². The molecule has 2 amide bonds. The Morgan fingerprint density at radius 2 is 2.00 bits per heavy atom. The number of primary amides is 1. The molecule has 0 aromatic rings. The zero-order chi connectivity index (χ0) is 10.4.